The number of anilines is 2. The lowest BCUT2D eigenvalue weighted by atomic mass is 9.98. The zero-order chi connectivity index (χ0) is 24.5. The van der Waals surface area contributed by atoms with Gasteiger partial charge in [-0.05, 0) is 62.9 Å². The summed E-state index contributed by atoms with van der Waals surface area (Å²) in [5.41, 5.74) is 5.94. The molecular formula is C28H35N5O2. The molecule has 184 valence electrons. The van der Waals surface area contributed by atoms with Crippen LogP contribution in [-0.4, -0.2) is 60.4 Å². The van der Waals surface area contributed by atoms with Gasteiger partial charge in [-0.2, -0.15) is 5.10 Å². The Labute approximate surface area is 207 Å². The summed E-state index contributed by atoms with van der Waals surface area (Å²) in [7, 11) is 0. The Morgan fingerprint density at radius 2 is 1.86 bits per heavy atom. The number of nitrogens with zero attached hydrogens (tertiary/aromatic N) is 4. The number of amides is 1. The molecule has 0 unspecified atom stereocenters. The van der Waals surface area contributed by atoms with Gasteiger partial charge in [-0.3, -0.25) is 4.79 Å². The predicted molar refractivity (Wildman–Crippen MR) is 140 cm³/mol. The maximum Gasteiger partial charge on any atom is 0.228 e. The molecular weight excluding hydrogens is 438 g/mol. The van der Waals surface area contributed by atoms with Crippen LogP contribution in [0.4, 0.5) is 11.5 Å². The predicted octanol–water partition coefficient (Wildman–Crippen LogP) is 4.41. The van der Waals surface area contributed by atoms with Crippen molar-refractivity contribution in [3.8, 4) is 0 Å². The molecule has 1 amide bonds. The van der Waals surface area contributed by atoms with Crippen molar-refractivity contribution in [1.29, 1.82) is 0 Å². The van der Waals surface area contributed by atoms with Gasteiger partial charge in [0.25, 0.3) is 0 Å². The first-order chi connectivity index (χ1) is 16.9. The van der Waals surface area contributed by atoms with Crippen molar-refractivity contribution >= 4 is 28.2 Å². The summed E-state index contributed by atoms with van der Waals surface area (Å²) in [6.07, 6.45) is 0.848. The Morgan fingerprint density at radius 1 is 1.06 bits per heavy atom. The molecule has 5 rings (SSSR count). The third-order valence-corrected chi connectivity index (χ3v) is 7.65. The van der Waals surface area contributed by atoms with E-state index in [-0.39, 0.29) is 17.9 Å². The number of hydrogen-bond acceptors (Lipinski definition) is 6. The van der Waals surface area contributed by atoms with Crippen LogP contribution in [0, 0.1) is 26.7 Å². The standard InChI is InChI=1S/C28H35N5O2/c1-18-6-5-7-24(19(18)2)20(3)29-27-26-16-23(8-9-25(26)21(4)30-31-27)32-11-13-33(14-12-32)28(34)22-10-15-35-17-22/h5-9,16,20,22H,10-15,17H2,1-4H3,(H,29,31)/t20-,22-/m1/s1. The normalized spacial score (nSPS) is 19.3. The SMILES string of the molecule is Cc1cccc([C@@H](C)Nc2nnc(C)c3ccc(N4CCN(C(=O)[C@@H]5CCOC5)CC4)cc23)c1C. The minimum Gasteiger partial charge on any atom is -0.381 e. The lowest BCUT2D eigenvalue weighted by Crippen LogP contribution is -2.50. The highest BCUT2D eigenvalue weighted by Gasteiger charge is 2.30. The third kappa shape index (κ3) is 4.69. The second-order valence-corrected chi connectivity index (χ2v) is 9.89. The van der Waals surface area contributed by atoms with Crippen molar-refractivity contribution in [3.63, 3.8) is 0 Å². The van der Waals surface area contributed by atoms with Gasteiger partial charge in [0.1, 0.15) is 0 Å². The first-order valence-corrected chi connectivity index (χ1v) is 12.6. The molecule has 7 heteroatoms. The topological polar surface area (TPSA) is 70.6 Å². The van der Waals surface area contributed by atoms with Crippen LogP contribution in [0.5, 0.6) is 0 Å². The van der Waals surface area contributed by atoms with Crippen LogP contribution in [0.2, 0.25) is 0 Å². The summed E-state index contributed by atoms with van der Waals surface area (Å²) >= 11 is 0. The maximum absolute atomic E-state index is 12.8. The monoisotopic (exact) mass is 473 g/mol. The molecule has 7 nitrogen and oxygen atoms in total. The van der Waals surface area contributed by atoms with Gasteiger partial charge in [-0.1, -0.05) is 24.3 Å². The second kappa shape index (κ2) is 9.82. The number of nitrogens with one attached hydrogen (secondary N) is 1. The summed E-state index contributed by atoms with van der Waals surface area (Å²) in [6.45, 7) is 12.9. The molecule has 35 heavy (non-hydrogen) atoms. The maximum atomic E-state index is 12.8. The number of aromatic nitrogens is 2. The average Bonchev–Trinajstić information content (AvgIpc) is 3.42. The molecule has 2 atom stereocenters. The molecule has 2 aliphatic heterocycles. The number of aryl methyl sites for hydroxylation is 2. The first kappa shape index (κ1) is 23.5. The van der Waals surface area contributed by atoms with Gasteiger partial charge < -0.3 is 19.9 Å². The number of carbonyl (C=O) groups is 1. The molecule has 1 aromatic heterocycles. The Bertz CT molecular complexity index is 1230. The van der Waals surface area contributed by atoms with E-state index in [4.69, 9.17) is 4.74 Å². The fourth-order valence-corrected chi connectivity index (χ4v) is 5.28. The Kier molecular flexibility index (Phi) is 6.60. The smallest absolute Gasteiger partial charge is 0.228 e. The molecule has 3 aromatic rings. The van der Waals surface area contributed by atoms with E-state index >= 15 is 0 Å². The lowest BCUT2D eigenvalue weighted by molar-refractivity contribution is -0.135. The van der Waals surface area contributed by atoms with Crippen LogP contribution in [0.1, 0.15) is 41.8 Å². The minimum atomic E-state index is 0.0384. The Hall–Kier alpha value is -3.19. The van der Waals surface area contributed by atoms with Gasteiger partial charge in [0.05, 0.1) is 24.3 Å². The highest BCUT2D eigenvalue weighted by Crippen LogP contribution is 2.31. The number of piperazine rings is 1. The number of ether oxygens (including phenoxy) is 1. The van der Waals surface area contributed by atoms with Gasteiger partial charge in [-0.15, -0.1) is 5.10 Å². The van der Waals surface area contributed by atoms with Crippen LogP contribution in [-0.2, 0) is 9.53 Å². The van der Waals surface area contributed by atoms with Gasteiger partial charge in [0, 0.05) is 49.2 Å². The first-order valence-electron chi connectivity index (χ1n) is 12.6. The van der Waals surface area contributed by atoms with Crippen molar-refractivity contribution in [2.75, 3.05) is 49.6 Å². The summed E-state index contributed by atoms with van der Waals surface area (Å²) < 4.78 is 5.41. The van der Waals surface area contributed by atoms with E-state index in [1.807, 2.05) is 11.8 Å². The van der Waals surface area contributed by atoms with Crippen LogP contribution in [0.25, 0.3) is 10.8 Å². The fraction of sp³-hybridized carbons (Fsp3) is 0.464. The number of rotatable bonds is 5. The van der Waals surface area contributed by atoms with Crippen LogP contribution in [0.15, 0.2) is 36.4 Å². The van der Waals surface area contributed by atoms with E-state index in [2.05, 4.69) is 77.6 Å². The van der Waals surface area contributed by atoms with Crippen LogP contribution in [0.3, 0.4) is 0 Å². The zero-order valence-electron chi connectivity index (χ0n) is 21.2. The highest BCUT2D eigenvalue weighted by atomic mass is 16.5. The van der Waals surface area contributed by atoms with Crippen molar-refractivity contribution in [3.05, 3.63) is 58.8 Å². The van der Waals surface area contributed by atoms with Crippen LogP contribution < -0.4 is 10.2 Å². The quantitative estimate of drug-likeness (QED) is 0.592. The molecule has 0 spiro atoms. The Morgan fingerprint density at radius 3 is 2.60 bits per heavy atom. The van der Waals surface area contributed by atoms with Crippen LogP contribution >= 0.6 is 0 Å². The second-order valence-electron chi connectivity index (χ2n) is 9.89. The molecule has 1 N–H and O–H groups in total. The molecule has 0 radical (unpaired) electrons. The van der Waals surface area contributed by atoms with Crippen molar-refractivity contribution in [2.45, 2.75) is 40.2 Å². The molecule has 2 aliphatic rings. The summed E-state index contributed by atoms with van der Waals surface area (Å²) in [5, 5.41) is 14.8. The van der Waals surface area contributed by atoms with Crippen molar-refractivity contribution < 1.29 is 9.53 Å². The van der Waals surface area contributed by atoms with Crippen molar-refractivity contribution in [1.82, 2.24) is 15.1 Å². The molecule has 2 aromatic carbocycles. The molecule has 2 fully saturated rings. The fourth-order valence-electron chi connectivity index (χ4n) is 5.28. The largest absolute Gasteiger partial charge is 0.381 e. The molecule has 3 heterocycles. The van der Waals surface area contributed by atoms with Crippen molar-refractivity contribution in [2.24, 2.45) is 5.92 Å². The minimum absolute atomic E-state index is 0.0384. The third-order valence-electron chi connectivity index (χ3n) is 7.65. The zero-order valence-corrected chi connectivity index (χ0v) is 21.2. The molecule has 0 saturated carbocycles. The Balaban J connectivity index is 1.36. The number of fused-ring (bicyclic) bond motifs is 1. The number of benzene rings is 2. The van der Waals surface area contributed by atoms with E-state index in [9.17, 15) is 4.79 Å². The molecule has 2 saturated heterocycles. The molecule has 0 bridgehead atoms. The van der Waals surface area contributed by atoms with Gasteiger partial charge >= 0.3 is 0 Å². The number of hydrogen-bond donors (Lipinski definition) is 1. The summed E-state index contributed by atoms with van der Waals surface area (Å²) in [4.78, 5) is 17.1. The van der Waals surface area contributed by atoms with E-state index in [1.54, 1.807) is 0 Å². The molecule has 0 aliphatic carbocycles. The van der Waals surface area contributed by atoms with Gasteiger partial charge in [-0.25, -0.2) is 0 Å². The van der Waals surface area contributed by atoms with E-state index in [1.165, 1.54) is 16.7 Å². The lowest BCUT2D eigenvalue weighted by Gasteiger charge is -2.37. The van der Waals surface area contributed by atoms with E-state index < -0.39 is 0 Å². The van der Waals surface area contributed by atoms with Gasteiger partial charge in [0.2, 0.25) is 5.91 Å². The van der Waals surface area contributed by atoms with Gasteiger partial charge in [0.15, 0.2) is 5.82 Å². The average molecular weight is 474 g/mol. The summed E-state index contributed by atoms with van der Waals surface area (Å²) in [5.74, 6) is 1.09. The summed E-state index contributed by atoms with van der Waals surface area (Å²) in [6, 6.07) is 13.1. The highest BCUT2D eigenvalue weighted by molar-refractivity contribution is 5.95. The number of carbonyl (C=O) groups excluding carboxylic acids is 1. The van der Waals surface area contributed by atoms with E-state index in [0.717, 1.165) is 60.6 Å². The van der Waals surface area contributed by atoms with E-state index in [0.29, 0.717) is 13.2 Å².